The number of aromatic nitrogens is 2. The van der Waals surface area contributed by atoms with E-state index in [0.717, 1.165) is 36.6 Å². The van der Waals surface area contributed by atoms with Gasteiger partial charge in [0.05, 0.1) is 0 Å². The highest BCUT2D eigenvalue weighted by atomic mass is 15.1. The normalized spacial score (nSPS) is 12.0. The van der Waals surface area contributed by atoms with E-state index in [1.165, 1.54) is 5.56 Å². The van der Waals surface area contributed by atoms with E-state index in [9.17, 15) is 0 Å². The maximum Gasteiger partial charge on any atom is 0.135 e. The summed E-state index contributed by atoms with van der Waals surface area (Å²) in [5.74, 6) is 1.86. The standard InChI is InChI=1S/C17H24N4/c1-4-11-18-16-15(5-2)17(20-12-19-16)21-13(3)14-9-7-6-8-10-14/h6-10,12-13H,4-5,11H2,1-3H3,(H2,18,19,20,21). The number of anilines is 2. The molecule has 0 spiro atoms. The molecule has 1 aromatic heterocycles. The number of hydrogen-bond acceptors (Lipinski definition) is 4. The molecular weight excluding hydrogens is 260 g/mol. The first-order chi connectivity index (χ1) is 10.3. The van der Waals surface area contributed by atoms with E-state index in [0.29, 0.717) is 0 Å². The van der Waals surface area contributed by atoms with Gasteiger partial charge in [0.2, 0.25) is 0 Å². The second kappa shape index (κ2) is 7.62. The molecule has 0 bridgehead atoms. The van der Waals surface area contributed by atoms with E-state index < -0.39 is 0 Å². The Hall–Kier alpha value is -2.10. The van der Waals surface area contributed by atoms with Gasteiger partial charge in [0.1, 0.15) is 18.0 Å². The summed E-state index contributed by atoms with van der Waals surface area (Å²) in [4.78, 5) is 8.79. The molecule has 1 atom stereocenters. The van der Waals surface area contributed by atoms with Crippen LogP contribution in [0.3, 0.4) is 0 Å². The molecule has 0 aliphatic carbocycles. The zero-order valence-electron chi connectivity index (χ0n) is 13.1. The molecule has 0 aliphatic heterocycles. The molecule has 2 N–H and O–H groups in total. The van der Waals surface area contributed by atoms with E-state index in [1.807, 2.05) is 6.07 Å². The summed E-state index contributed by atoms with van der Waals surface area (Å²) in [5.41, 5.74) is 2.40. The van der Waals surface area contributed by atoms with Gasteiger partial charge in [-0.05, 0) is 25.3 Å². The smallest absolute Gasteiger partial charge is 0.135 e. The second-order valence-electron chi connectivity index (χ2n) is 5.11. The van der Waals surface area contributed by atoms with Crippen LogP contribution in [-0.2, 0) is 6.42 Å². The SMILES string of the molecule is CCCNc1ncnc(NC(C)c2ccccc2)c1CC. The third kappa shape index (κ3) is 3.94. The van der Waals surface area contributed by atoms with Crippen LogP contribution in [0.15, 0.2) is 36.7 Å². The quantitative estimate of drug-likeness (QED) is 0.806. The Morgan fingerprint density at radius 1 is 1.05 bits per heavy atom. The Morgan fingerprint density at radius 2 is 1.76 bits per heavy atom. The predicted octanol–water partition coefficient (Wildman–Crippen LogP) is 4.03. The summed E-state index contributed by atoms with van der Waals surface area (Å²) in [7, 11) is 0. The molecule has 0 radical (unpaired) electrons. The molecule has 1 aromatic carbocycles. The molecule has 2 aromatic rings. The van der Waals surface area contributed by atoms with E-state index >= 15 is 0 Å². The summed E-state index contributed by atoms with van der Waals surface area (Å²) in [5, 5.41) is 6.88. The van der Waals surface area contributed by atoms with Crippen LogP contribution in [0.5, 0.6) is 0 Å². The van der Waals surface area contributed by atoms with Gasteiger partial charge in [-0.15, -0.1) is 0 Å². The fourth-order valence-electron chi connectivity index (χ4n) is 2.30. The van der Waals surface area contributed by atoms with Crippen LogP contribution < -0.4 is 10.6 Å². The molecule has 4 heteroatoms. The van der Waals surface area contributed by atoms with Gasteiger partial charge in [-0.2, -0.15) is 0 Å². The van der Waals surface area contributed by atoms with Gasteiger partial charge >= 0.3 is 0 Å². The molecule has 0 amide bonds. The Labute approximate surface area is 127 Å². The zero-order valence-corrected chi connectivity index (χ0v) is 13.1. The highest BCUT2D eigenvalue weighted by molar-refractivity contribution is 5.58. The maximum atomic E-state index is 4.42. The van der Waals surface area contributed by atoms with Gasteiger partial charge in [0.15, 0.2) is 0 Å². The molecule has 112 valence electrons. The molecule has 1 heterocycles. The average Bonchev–Trinajstić information content (AvgIpc) is 2.53. The second-order valence-corrected chi connectivity index (χ2v) is 5.11. The van der Waals surface area contributed by atoms with Crippen molar-refractivity contribution >= 4 is 11.6 Å². The Kier molecular flexibility index (Phi) is 5.55. The van der Waals surface area contributed by atoms with Crippen molar-refractivity contribution < 1.29 is 0 Å². The van der Waals surface area contributed by atoms with Crippen molar-refractivity contribution in [2.75, 3.05) is 17.2 Å². The molecule has 4 nitrogen and oxygen atoms in total. The average molecular weight is 284 g/mol. The molecule has 2 rings (SSSR count). The summed E-state index contributed by atoms with van der Waals surface area (Å²) >= 11 is 0. The van der Waals surface area contributed by atoms with Crippen molar-refractivity contribution in [3.05, 3.63) is 47.8 Å². The summed E-state index contributed by atoms with van der Waals surface area (Å²) in [6.07, 6.45) is 3.60. The molecule has 0 aliphatic rings. The number of nitrogens with one attached hydrogen (secondary N) is 2. The summed E-state index contributed by atoms with van der Waals surface area (Å²) in [6, 6.07) is 10.6. The monoisotopic (exact) mass is 284 g/mol. The lowest BCUT2D eigenvalue weighted by atomic mass is 10.1. The summed E-state index contributed by atoms with van der Waals surface area (Å²) < 4.78 is 0. The van der Waals surface area contributed by atoms with E-state index in [2.05, 4.69) is 65.6 Å². The van der Waals surface area contributed by atoms with E-state index in [4.69, 9.17) is 0 Å². The van der Waals surface area contributed by atoms with Crippen LogP contribution in [0, 0.1) is 0 Å². The number of hydrogen-bond donors (Lipinski definition) is 2. The highest BCUT2D eigenvalue weighted by Gasteiger charge is 2.12. The first-order valence-electron chi connectivity index (χ1n) is 7.65. The van der Waals surface area contributed by atoms with Crippen molar-refractivity contribution in [3.63, 3.8) is 0 Å². The lowest BCUT2D eigenvalue weighted by molar-refractivity contribution is 0.861. The first-order valence-corrected chi connectivity index (χ1v) is 7.65. The van der Waals surface area contributed by atoms with Crippen molar-refractivity contribution in [1.29, 1.82) is 0 Å². The predicted molar refractivity (Wildman–Crippen MR) is 88.7 cm³/mol. The summed E-state index contributed by atoms with van der Waals surface area (Å²) in [6.45, 7) is 7.36. The van der Waals surface area contributed by atoms with Crippen molar-refractivity contribution in [1.82, 2.24) is 9.97 Å². The molecule has 1 unspecified atom stereocenters. The minimum Gasteiger partial charge on any atom is -0.370 e. The van der Waals surface area contributed by atoms with Crippen molar-refractivity contribution in [2.24, 2.45) is 0 Å². The van der Waals surface area contributed by atoms with Crippen LogP contribution >= 0.6 is 0 Å². The lowest BCUT2D eigenvalue weighted by Crippen LogP contribution is -2.13. The minimum atomic E-state index is 0.213. The fourth-order valence-corrected chi connectivity index (χ4v) is 2.30. The van der Waals surface area contributed by atoms with Gasteiger partial charge in [-0.1, -0.05) is 44.2 Å². The molecule has 0 saturated carbocycles. The van der Waals surface area contributed by atoms with Gasteiger partial charge in [-0.25, -0.2) is 9.97 Å². The molecule has 0 fully saturated rings. The third-order valence-corrected chi connectivity index (χ3v) is 3.49. The van der Waals surface area contributed by atoms with Crippen LogP contribution in [-0.4, -0.2) is 16.5 Å². The lowest BCUT2D eigenvalue weighted by Gasteiger charge is -2.19. The van der Waals surface area contributed by atoms with Gasteiger partial charge in [0.25, 0.3) is 0 Å². The fraction of sp³-hybridized carbons (Fsp3) is 0.412. The topological polar surface area (TPSA) is 49.8 Å². The van der Waals surface area contributed by atoms with Crippen molar-refractivity contribution in [2.45, 2.75) is 39.7 Å². The van der Waals surface area contributed by atoms with Crippen LogP contribution in [0.25, 0.3) is 0 Å². The maximum absolute atomic E-state index is 4.42. The van der Waals surface area contributed by atoms with E-state index in [1.54, 1.807) is 6.33 Å². The minimum absolute atomic E-state index is 0.213. The third-order valence-electron chi connectivity index (χ3n) is 3.49. The Morgan fingerprint density at radius 3 is 2.43 bits per heavy atom. The number of nitrogens with zero attached hydrogens (tertiary/aromatic N) is 2. The van der Waals surface area contributed by atoms with Gasteiger partial charge in [0, 0.05) is 18.2 Å². The first kappa shape index (κ1) is 15.3. The van der Waals surface area contributed by atoms with E-state index in [-0.39, 0.29) is 6.04 Å². The van der Waals surface area contributed by atoms with Crippen LogP contribution in [0.1, 0.15) is 44.4 Å². The van der Waals surface area contributed by atoms with Crippen LogP contribution in [0.4, 0.5) is 11.6 Å². The molecular formula is C17H24N4. The Balaban J connectivity index is 2.19. The zero-order chi connectivity index (χ0) is 15.1. The largest absolute Gasteiger partial charge is 0.370 e. The number of benzene rings is 1. The highest BCUT2D eigenvalue weighted by Crippen LogP contribution is 2.24. The van der Waals surface area contributed by atoms with Crippen LogP contribution in [0.2, 0.25) is 0 Å². The number of rotatable bonds is 7. The van der Waals surface area contributed by atoms with Crippen molar-refractivity contribution in [3.8, 4) is 0 Å². The molecule has 0 saturated heterocycles. The Bertz CT molecular complexity index is 554. The van der Waals surface area contributed by atoms with Gasteiger partial charge in [-0.3, -0.25) is 0 Å². The molecule has 21 heavy (non-hydrogen) atoms. The van der Waals surface area contributed by atoms with Gasteiger partial charge < -0.3 is 10.6 Å².